The number of carbonyl (C=O) groups is 1. The molecule has 0 saturated heterocycles. The number of aromatic nitrogens is 1. The molecule has 1 heterocycles. The minimum absolute atomic E-state index is 0.319. The van der Waals surface area contributed by atoms with Crippen LogP contribution in [0.15, 0.2) is 84.9 Å². The van der Waals surface area contributed by atoms with Crippen LogP contribution in [0.25, 0.3) is 0 Å². The Hall–Kier alpha value is -4.19. The number of hydrogen-bond donors (Lipinski definition) is 2. The van der Waals surface area contributed by atoms with Crippen molar-refractivity contribution in [2.24, 2.45) is 0 Å². The van der Waals surface area contributed by atoms with Crippen molar-refractivity contribution in [1.29, 1.82) is 0 Å². The van der Waals surface area contributed by atoms with Crippen LogP contribution in [0.1, 0.15) is 64.7 Å². The Kier molecular flexibility index (Phi) is 7.95. The van der Waals surface area contributed by atoms with Gasteiger partial charge in [-0.15, -0.1) is 4.73 Å². The summed E-state index contributed by atoms with van der Waals surface area (Å²) in [5, 5.41) is 19.3. The monoisotopic (exact) mass is 485 g/mol. The molecule has 0 fully saturated rings. The summed E-state index contributed by atoms with van der Waals surface area (Å²) in [7, 11) is 1.68. The second-order valence-electron chi connectivity index (χ2n) is 8.81. The first-order chi connectivity index (χ1) is 17.5. The number of unbranched alkanes of at least 4 members (excludes halogenated alkanes) is 1. The van der Waals surface area contributed by atoms with Crippen molar-refractivity contribution in [3.63, 3.8) is 0 Å². The molecule has 0 saturated carbocycles. The molecule has 4 rings (SSSR count). The zero-order valence-corrected chi connectivity index (χ0v) is 20.6. The van der Waals surface area contributed by atoms with Gasteiger partial charge in [-0.2, -0.15) is 0 Å². The highest BCUT2D eigenvalue weighted by atomic mass is 16.7. The van der Waals surface area contributed by atoms with E-state index in [0.717, 1.165) is 37.0 Å². The van der Waals surface area contributed by atoms with Gasteiger partial charge in [0, 0.05) is 18.1 Å². The van der Waals surface area contributed by atoms with Gasteiger partial charge in [-0.25, -0.2) is 4.79 Å². The van der Waals surface area contributed by atoms with E-state index in [-0.39, 0.29) is 11.8 Å². The van der Waals surface area contributed by atoms with Crippen LogP contribution < -0.4 is 9.57 Å². The quantitative estimate of drug-likeness (QED) is 0.284. The Morgan fingerprint density at radius 2 is 1.33 bits per heavy atom. The molecule has 6 nitrogen and oxygen atoms in total. The number of methoxy groups -OCH3 is 1. The molecule has 36 heavy (non-hydrogen) atoms. The predicted molar refractivity (Wildman–Crippen MR) is 139 cm³/mol. The smallest absolute Gasteiger partial charge is 0.363 e. The lowest BCUT2D eigenvalue weighted by atomic mass is 9.86. The fraction of sp³-hybridized carbons (Fsp3) is 0.233. The highest BCUT2D eigenvalue weighted by Gasteiger charge is 2.16. The summed E-state index contributed by atoms with van der Waals surface area (Å²) < 4.78 is 5.99. The zero-order chi connectivity index (χ0) is 25.5. The summed E-state index contributed by atoms with van der Waals surface area (Å²) in [4.78, 5) is 17.4. The molecule has 0 spiro atoms. The van der Waals surface area contributed by atoms with E-state index in [1.807, 2.05) is 24.3 Å². The average molecular weight is 486 g/mol. The zero-order valence-electron chi connectivity index (χ0n) is 20.6. The SMILES string of the molecule is CCCCC(c1ccc(Cc2ccc(C(=O)On3c(O)ccc3O)cc2)cc1)c1ccc(OC)cc1. The lowest BCUT2D eigenvalue weighted by Gasteiger charge is -2.19. The Balaban J connectivity index is 1.43. The molecule has 2 N–H and O–H groups in total. The van der Waals surface area contributed by atoms with Gasteiger partial charge in [0.25, 0.3) is 0 Å². The van der Waals surface area contributed by atoms with E-state index >= 15 is 0 Å². The third kappa shape index (κ3) is 5.89. The van der Waals surface area contributed by atoms with Crippen LogP contribution >= 0.6 is 0 Å². The Labute approximate surface area is 211 Å². The van der Waals surface area contributed by atoms with Crippen LogP contribution in [0.5, 0.6) is 17.5 Å². The van der Waals surface area contributed by atoms with Crippen molar-refractivity contribution in [2.75, 3.05) is 7.11 Å². The number of ether oxygens (including phenoxy) is 1. The van der Waals surface area contributed by atoms with Gasteiger partial charge in [0.1, 0.15) is 5.75 Å². The molecule has 186 valence electrons. The van der Waals surface area contributed by atoms with Crippen molar-refractivity contribution < 1.29 is 24.6 Å². The van der Waals surface area contributed by atoms with Gasteiger partial charge in [0.2, 0.25) is 11.8 Å². The Morgan fingerprint density at radius 3 is 1.86 bits per heavy atom. The standard InChI is InChI=1S/C30H31NO5/c1-3-4-5-27(24-14-16-26(35-2)17-15-24)23-10-6-21(7-11-23)20-22-8-12-25(13-9-22)30(34)36-31-28(32)18-19-29(31)33/h6-19,27,32-33H,3-5,20H2,1-2H3. The highest BCUT2D eigenvalue weighted by Crippen LogP contribution is 2.31. The van der Waals surface area contributed by atoms with E-state index in [9.17, 15) is 15.0 Å². The molecule has 0 amide bonds. The number of hydrogen-bond acceptors (Lipinski definition) is 5. The van der Waals surface area contributed by atoms with Gasteiger partial charge >= 0.3 is 5.97 Å². The molecule has 1 atom stereocenters. The molecule has 0 bridgehead atoms. The van der Waals surface area contributed by atoms with Crippen molar-refractivity contribution in [2.45, 2.75) is 38.5 Å². The largest absolute Gasteiger partial charge is 0.497 e. The first-order valence-electron chi connectivity index (χ1n) is 12.1. The number of rotatable bonds is 10. The van der Waals surface area contributed by atoms with Crippen LogP contribution in [-0.4, -0.2) is 28.0 Å². The molecule has 0 aliphatic heterocycles. The van der Waals surface area contributed by atoms with Gasteiger partial charge in [-0.1, -0.05) is 68.3 Å². The van der Waals surface area contributed by atoms with Gasteiger partial charge in [-0.3, -0.25) is 0 Å². The molecule has 1 unspecified atom stereocenters. The predicted octanol–water partition coefficient (Wildman–Crippen LogP) is 6.09. The van der Waals surface area contributed by atoms with Crippen molar-refractivity contribution in [3.05, 3.63) is 113 Å². The van der Waals surface area contributed by atoms with Gasteiger partial charge in [0.05, 0.1) is 12.7 Å². The summed E-state index contributed by atoms with van der Waals surface area (Å²) in [6.45, 7) is 2.22. The third-order valence-electron chi connectivity index (χ3n) is 6.32. The van der Waals surface area contributed by atoms with Crippen LogP contribution in [-0.2, 0) is 6.42 Å². The van der Waals surface area contributed by atoms with E-state index in [0.29, 0.717) is 16.2 Å². The number of nitrogens with zero attached hydrogens (tertiary/aromatic N) is 1. The summed E-state index contributed by atoms with van der Waals surface area (Å²) >= 11 is 0. The Bertz CT molecular complexity index is 1260. The maximum atomic E-state index is 12.3. The molecule has 0 radical (unpaired) electrons. The average Bonchev–Trinajstić information content (AvgIpc) is 3.22. The molecule has 0 aliphatic carbocycles. The molecule has 3 aromatic carbocycles. The van der Waals surface area contributed by atoms with Gasteiger partial charge in [-0.05, 0) is 59.4 Å². The lowest BCUT2D eigenvalue weighted by Crippen LogP contribution is -2.19. The van der Waals surface area contributed by atoms with E-state index in [2.05, 4.69) is 43.3 Å². The van der Waals surface area contributed by atoms with Crippen molar-refractivity contribution in [1.82, 2.24) is 4.73 Å². The van der Waals surface area contributed by atoms with Crippen molar-refractivity contribution in [3.8, 4) is 17.5 Å². The topological polar surface area (TPSA) is 80.9 Å². The van der Waals surface area contributed by atoms with E-state index < -0.39 is 5.97 Å². The van der Waals surface area contributed by atoms with Crippen LogP contribution in [0.3, 0.4) is 0 Å². The minimum atomic E-state index is -0.677. The molecule has 4 aromatic rings. The fourth-order valence-corrected chi connectivity index (χ4v) is 4.26. The molecule has 6 heteroatoms. The summed E-state index contributed by atoms with van der Waals surface area (Å²) in [5.74, 6) is -0.183. The normalized spacial score (nSPS) is 11.7. The van der Waals surface area contributed by atoms with E-state index in [1.165, 1.54) is 28.8 Å². The summed E-state index contributed by atoms with van der Waals surface area (Å²) in [5.41, 5.74) is 5.15. The highest BCUT2D eigenvalue weighted by molar-refractivity contribution is 5.89. The van der Waals surface area contributed by atoms with E-state index in [1.54, 1.807) is 19.2 Å². The molecule has 0 aliphatic rings. The summed E-state index contributed by atoms with van der Waals surface area (Å²) in [6, 6.07) is 26.7. The molecular formula is C30H31NO5. The van der Waals surface area contributed by atoms with E-state index in [4.69, 9.17) is 9.57 Å². The second-order valence-corrected chi connectivity index (χ2v) is 8.81. The maximum Gasteiger partial charge on any atom is 0.363 e. The number of aromatic hydroxyl groups is 2. The molecule has 1 aromatic heterocycles. The third-order valence-corrected chi connectivity index (χ3v) is 6.32. The number of benzene rings is 3. The molecular weight excluding hydrogens is 454 g/mol. The maximum absolute atomic E-state index is 12.3. The summed E-state index contributed by atoms with van der Waals surface area (Å²) in [6.07, 6.45) is 4.15. The fourth-order valence-electron chi connectivity index (χ4n) is 4.26. The van der Waals surface area contributed by atoms with Gasteiger partial charge in [0.15, 0.2) is 0 Å². The van der Waals surface area contributed by atoms with Crippen LogP contribution in [0.2, 0.25) is 0 Å². The minimum Gasteiger partial charge on any atom is -0.497 e. The number of carbonyl (C=O) groups excluding carboxylic acids is 1. The van der Waals surface area contributed by atoms with Crippen LogP contribution in [0.4, 0.5) is 0 Å². The van der Waals surface area contributed by atoms with Crippen molar-refractivity contribution >= 4 is 5.97 Å². The first-order valence-corrected chi connectivity index (χ1v) is 12.1. The first kappa shape index (κ1) is 24.9. The Morgan fingerprint density at radius 1 is 0.806 bits per heavy atom. The van der Waals surface area contributed by atoms with Gasteiger partial charge < -0.3 is 19.8 Å². The second kappa shape index (κ2) is 11.5. The lowest BCUT2D eigenvalue weighted by molar-refractivity contribution is 0.0381. The van der Waals surface area contributed by atoms with Crippen LogP contribution in [0, 0.1) is 0 Å².